The molecule has 0 heterocycles. The Labute approximate surface area is 113 Å². The average molecular weight is 263 g/mol. The van der Waals surface area contributed by atoms with Gasteiger partial charge in [0.05, 0.1) is 11.0 Å². The van der Waals surface area contributed by atoms with E-state index in [1.807, 2.05) is 13.0 Å². The highest BCUT2D eigenvalue weighted by Crippen LogP contribution is 2.17. The molecule has 5 nitrogen and oxygen atoms in total. The quantitative estimate of drug-likeness (QED) is 0.711. The Morgan fingerprint density at radius 2 is 1.95 bits per heavy atom. The number of aryl methyl sites for hydroxylation is 1. The Hall–Kier alpha value is -2.04. The van der Waals surface area contributed by atoms with E-state index in [2.05, 4.69) is 10.6 Å². The summed E-state index contributed by atoms with van der Waals surface area (Å²) in [6.07, 6.45) is 0. The lowest BCUT2D eigenvalue weighted by atomic mass is 9.92. The number of nitrogens with two attached hydrogens (primary N) is 1. The standard InChI is InChI=1S/C14H21N3O2/c1-9-6-5-7-10(11(9)15)12(18)17-8-14(2,3)13(19)16-4/h5-7H,8,15H2,1-4H3,(H,16,19)(H,17,18). The molecule has 0 saturated carbocycles. The number of carbonyl (C=O) groups is 2. The zero-order valence-electron chi connectivity index (χ0n) is 11.8. The Bertz CT molecular complexity index is 495. The van der Waals surface area contributed by atoms with Crippen LogP contribution in [0.2, 0.25) is 0 Å². The number of rotatable bonds is 4. The van der Waals surface area contributed by atoms with Crippen LogP contribution in [-0.4, -0.2) is 25.4 Å². The lowest BCUT2D eigenvalue weighted by molar-refractivity contribution is -0.128. The maximum Gasteiger partial charge on any atom is 0.253 e. The van der Waals surface area contributed by atoms with E-state index in [-0.39, 0.29) is 18.4 Å². The van der Waals surface area contributed by atoms with Crippen molar-refractivity contribution in [1.29, 1.82) is 0 Å². The van der Waals surface area contributed by atoms with Crippen molar-refractivity contribution in [3.05, 3.63) is 29.3 Å². The number of nitrogen functional groups attached to an aromatic ring is 1. The minimum atomic E-state index is -0.664. The van der Waals surface area contributed by atoms with Gasteiger partial charge in [0.15, 0.2) is 0 Å². The molecule has 4 N–H and O–H groups in total. The Kier molecular flexibility index (Phi) is 4.53. The molecule has 0 aliphatic carbocycles. The second kappa shape index (κ2) is 5.73. The van der Waals surface area contributed by atoms with Crippen molar-refractivity contribution in [2.45, 2.75) is 20.8 Å². The lowest BCUT2D eigenvalue weighted by Crippen LogP contribution is -2.43. The first-order chi connectivity index (χ1) is 8.79. The minimum absolute atomic E-state index is 0.120. The molecule has 19 heavy (non-hydrogen) atoms. The van der Waals surface area contributed by atoms with Crippen molar-refractivity contribution in [2.24, 2.45) is 5.41 Å². The lowest BCUT2D eigenvalue weighted by Gasteiger charge is -2.23. The van der Waals surface area contributed by atoms with E-state index >= 15 is 0 Å². The van der Waals surface area contributed by atoms with Crippen LogP contribution < -0.4 is 16.4 Å². The van der Waals surface area contributed by atoms with Gasteiger partial charge in [-0.1, -0.05) is 12.1 Å². The van der Waals surface area contributed by atoms with Gasteiger partial charge in [-0.15, -0.1) is 0 Å². The number of nitrogens with one attached hydrogen (secondary N) is 2. The molecular formula is C14H21N3O2. The molecule has 0 atom stereocenters. The summed E-state index contributed by atoms with van der Waals surface area (Å²) < 4.78 is 0. The Morgan fingerprint density at radius 3 is 2.53 bits per heavy atom. The predicted molar refractivity (Wildman–Crippen MR) is 75.8 cm³/mol. The molecule has 0 aliphatic heterocycles. The molecule has 0 radical (unpaired) electrons. The fraction of sp³-hybridized carbons (Fsp3) is 0.429. The third-order valence-electron chi connectivity index (χ3n) is 3.10. The van der Waals surface area contributed by atoms with E-state index in [0.29, 0.717) is 11.3 Å². The van der Waals surface area contributed by atoms with E-state index in [4.69, 9.17) is 5.73 Å². The summed E-state index contributed by atoms with van der Waals surface area (Å²) in [6, 6.07) is 5.30. The number of carbonyl (C=O) groups excluding carboxylic acids is 2. The summed E-state index contributed by atoms with van der Waals surface area (Å²) in [5.41, 5.74) is 6.97. The topological polar surface area (TPSA) is 84.2 Å². The van der Waals surface area contributed by atoms with Gasteiger partial charge in [-0.3, -0.25) is 9.59 Å². The first-order valence-corrected chi connectivity index (χ1v) is 6.15. The molecule has 2 amide bonds. The highest BCUT2D eigenvalue weighted by Gasteiger charge is 2.27. The molecule has 1 rings (SSSR count). The van der Waals surface area contributed by atoms with Crippen LogP contribution in [0.5, 0.6) is 0 Å². The Morgan fingerprint density at radius 1 is 1.32 bits per heavy atom. The van der Waals surface area contributed by atoms with Crippen LogP contribution in [0, 0.1) is 12.3 Å². The van der Waals surface area contributed by atoms with Crippen LogP contribution in [-0.2, 0) is 4.79 Å². The molecule has 1 aromatic rings. The van der Waals surface area contributed by atoms with Gasteiger partial charge in [0.2, 0.25) is 5.91 Å². The van der Waals surface area contributed by atoms with Crippen molar-refractivity contribution in [3.63, 3.8) is 0 Å². The molecule has 0 aliphatic rings. The van der Waals surface area contributed by atoms with Crippen molar-refractivity contribution < 1.29 is 9.59 Å². The molecule has 0 aromatic heterocycles. The minimum Gasteiger partial charge on any atom is -0.398 e. The summed E-state index contributed by atoms with van der Waals surface area (Å²) in [4.78, 5) is 23.7. The SMILES string of the molecule is CNC(=O)C(C)(C)CNC(=O)c1cccc(C)c1N. The maximum absolute atomic E-state index is 12.1. The van der Waals surface area contributed by atoms with Gasteiger partial charge in [0.1, 0.15) is 0 Å². The first-order valence-electron chi connectivity index (χ1n) is 6.15. The largest absolute Gasteiger partial charge is 0.398 e. The predicted octanol–water partition coefficient (Wildman–Crippen LogP) is 1.08. The first kappa shape index (κ1) is 15.0. The highest BCUT2D eigenvalue weighted by molar-refractivity contribution is 6.00. The summed E-state index contributed by atoms with van der Waals surface area (Å²) in [7, 11) is 1.57. The number of amides is 2. The zero-order chi connectivity index (χ0) is 14.6. The summed E-state index contributed by atoms with van der Waals surface area (Å²) in [5.74, 6) is -0.386. The fourth-order valence-corrected chi connectivity index (χ4v) is 1.69. The number of hydrogen-bond acceptors (Lipinski definition) is 3. The molecule has 104 valence electrons. The molecule has 0 fully saturated rings. The number of anilines is 1. The molecule has 0 spiro atoms. The Balaban J connectivity index is 2.76. The summed E-state index contributed by atoms with van der Waals surface area (Å²) in [6.45, 7) is 5.64. The fourth-order valence-electron chi connectivity index (χ4n) is 1.69. The molecule has 0 bridgehead atoms. The van der Waals surface area contributed by atoms with Gasteiger partial charge < -0.3 is 16.4 Å². The van der Waals surface area contributed by atoms with E-state index < -0.39 is 5.41 Å². The maximum atomic E-state index is 12.1. The third-order valence-corrected chi connectivity index (χ3v) is 3.10. The third kappa shape index (κ3) is 3.47. The van der Waals surface area contributed by atoms with Crippen LogP contribution in [0.4, 0.5) is 5.69 Å². The second-order valence-electron chi connectivity index (χ2n) is 5.18. The van der Waals surface area contributed by atoms with Crippen molar-refractivity contribution in [1.82, 2.24) is 10.6 Å². The van der Waals surface area contributed by atoms with Crippen LogP contribution in [0.3, 0.4) is 0 Å². The summed E-state index contributed by atoms with van der Waals surface area (Å²) >= 11 is 0. The second-order valence-corrected chi connectivity index (χ2v) is 5.18. The van der Waals surface area contributed by atoms with E-state index in [1.165, 1.54) is 0 Å². The van der Waals surface area contributed by atoms with Gasteiger partial charge in [0, 0.05) is 19.3 Å². The van der Waals surface area contributed by atoms with Crippen LogP contribution in [0.15, 0.2) is 18.2 Å². The smallest absolute Gasteiger partial charge is 0.253 e. The van der Waals surface area contributed by atoms with Gasteiger partial charge in [0.25, 0.3) is 5.91 Å². The van der Waals surface area contributed by atoms with Gasteiger partial charge >= 0.3 is 0 Å². The van der Waals surface area contributed by atoms with E-state index in [9.17, 15) is 9.59 Å². The number of hydrogen-bond donors (Lipinski definition) is 3. The molecule has 0 unspecified atom stereocenters. The average Bonchev–Trinajstić information content (AvgIpc) is 2.38. The van der Waals surface area contributed by atoms with Gasteiger partial charge in [-0.25, -0.2) is 0 Å². The summed E-state index contributed by atoms with van der Waals surface area (Å²) in [5, 5.41) is 5.32. The highest BCUT2D eigenvalue weighted by atomic mass is 16.2. The zero-order valence-corrected chi connectivity index (χ0v) is 11.8. The van der Waals surface area contributed by atoms with Crippen LogP contribution in [0.25, 0.3) is 0 Å². The van der Waals surface area contributed by atoms with Crippen LogP contribution >= 0.6 is 0 Å². The van der Waals surface area contributed by atoms with E-state index in [0.717, 1.165) is 5.56 Å². The van der Waals surface area contributed by atoms with Crippen molar-refractivity contribution in [3.8, 4) is 0 Å². The van der Waals surface area contributed by atoms with Crippen molar-refractivity contribution in [2.75, 3.05) is 19.3 Å². The molecule has 5 heteroatoms. The number of para-hydroxylation sites is 1. The molecule has 0 saturated heterocycles. The van der Waals surface area contributed by atoms with Gasteiger partial charge in [-0.2, -0.15) is 0 Å². The van der Waals surface area contributed by atoms with Crippen molar-refractivity contribution >= 4 is 17.5 Å². The normalized spacial score (nSPS) is 10.9. The molecule has 1 aromatic carbocycles. The van der Waals surface area contributed by atoms with E-state index in [1.54, 1.807) is 33.0 Å². The monoisotopic (exact) mass is 263 g/mol. The van der Waals surface area contributed by atoms with Crippen LogP contribution in [0.1, 0.15) is 29.8 Å². The molecular weight excluding hydrogens is 242 g/mol. The van der Waals surface area contributed by atoms with Gasteiger partial charge in [-0.05, 0) is 32.4 Å². The number of benzene rings is 1.